The van der Waals surface area contributed by atoms with E-state index in [0.717, 1.165) is 22.3 Å². The SMILES string of the molecule is Cc1ccc(O[C@@H](C)C(=O)Nc2ccc(C3(c4ccc(NC(=O)[C@H](C)Oc5ccc(C)cc5)cc4)c4ccccc4-c4ccccc43)cc2)cc1. The monoisotopic (exact) mass is 672 g/mol. The Kier molecular flexibility index (Phi) is 9.16. The molecule has 254 valence electrons. The van der Waals surface area contributed by atoms with Crippen LogP contribution in [-0.2, 0) is 15.0 Å². The maximum Gasteiger partial charge on any atom is 0.265 e. The number of hydrogen-bond acceptors (Lipinski definition) is 4. The molecule has 0 heterocycles. The topological polar surface area (TPSA) is 76.7 Å². The molecule has 0 bridgehead atoms. The van der Waals surface area contributed by atoms with Gasteiger partial charge in [-0.05, 0) is 110 Å². The first kappa shape index (κ1) is 33.4. The van der Waals surface area contributed by atoms with Crippen LogP contribution in [0, 0.1) is 13.8 Å². The number of hydrogen-bond donors (Lipinski definition) is 2. The van der Waals surface area contributed by atoms with Crippen molar-refractivity contribution in [3.8, 4) is 22.6 Å². The lowest BCUT2D eigenvalue weighted by Gasteiger charge is -2.34. The zero-order chi connectivity index (χ0) is 35.5. The molecule has 2 amide bonds. The first-order valence-electron chi connectivity index (χ1n) is 17.2. The summed E-state index contributed by atoms with van der Waals surface area (Å²) in [5.74, 6) is 0.834. The molecule has 1 aliphatic carbocycles. The second kappa shape index (κ2) is 14.0. The molecule has 2 atom stereocenters. The number of anilines is 2. The lowest BCUT2D eigenvalue weighted by molar-refractivity contribution is -0.122. The van der Waals surface area contributed by atoms with Crippen LogP contribution in [0.4, 0.5) is 11.4 Å². The van der Waals surface area contributed by atoms with Crippen molar-refractivity contribution in [3.63, 3.8) is 0 Å². The summed E-state index contributed by atoms with van der Waals surface area (Å²) in [6.45, 7) is 7.51. The van der Waals surface area contributed by atoms with Crippen LogP contribution < -0.4 is 20.1 Å². The van der Waals surface area contributed by atoms with Gasteiger partial charge >= 0.3 is 0 Å². The minimum absolute atomic E-state index is 0.231. The van der Waals surface area contributed by atoms with E-state index in [4.69, 9.17) is 9.47 Å². The molecule has 0 radical (unpaired) electrons. The Morgan fingerprint density at radius 3 is 1.22 bits per heavy atom. The minimum Gasteiger partial charge on any atom is -0.481 e. The van der Waals surface area contributed by atoms with Gasteiger partial charge in [-0.3, -0.25) is 9.59 Å². The summed E-state index contributed by atoms with van der Waals surface area (Å²) in [6.07, 6.45) is -1.35. The second-order valence-corrected chi connectivity index (χ2v) is 13.1. The number of aryl methyl sites for hydroxylation is 2. The highest BCUT2D eigenvalue weighted by Gasteiger charge is 2.45. The van der Waals surface area contributed by atoms with Gasteiger partial charge in [-0.1, -0.05) is 108 Å². The van der Waals surface area contributed by atoms with E-state index in [2.05, 4.69) is 83.4 Å². The average Bonchev–Trinajstić information content (AvgIpc) is 3.45. The van der Waals surface area contributed by atoms with Crippen molar-refractivity contribution < 1.29 is 19.1 Å². The van der Waals surface area contributed by atoms with Gasteiger partial charge in [0.15, 0.2) is 12.2 Å². The first-order chi connectivity index (χ1) is 24.7. The molecule has 0 aliphatic heterocycles. The lowest BCUT2D eigenvalue weighted by Crippen LogP contribution is -2.31. The van der Waals surface area contributed by atoms with Crippen molar-refractivity contribution in [2.45, 2.75) is 45.3 Å². The van der Waals surface area contributed by atoms with Gasteiger partial charge in [-0.15, -0.1) is 0 Å². The number of carbonyl (C=O) groups is 2. The fourth-order valence-electron chi connectivity index (χ4n) is 6.87. The number of ether oxygens (including phenoxy) is 2. The van der Waals surface area contributed by atoms with E-state index in [-0.39, 0.29) is 11.8 Å². The maximum atomic E-state index is 13.1. The number of fused-ring (bicyclic) bond motifs is 3. The van der Waals surface area contributed by atoms with Gasteiger partial charge in [-0.25, -0.2) is 0 Å². The third-order valence-corrected chi connectivity index (χ3v) is 9.53. The molecular weight excluding hydrogens is 633 g/mol. The highest BCUT2D eigenvalue weighted by atomic mass is 16.5. The van der Waals surface area contributed by atoms with Crippen LogP contribution in [0.2, 0.25) is 0 Å². The average molecular weight is 673 g/mol. The molecule has 0 aromatic heterocycles. The molecule has 6 nitrogen and oxygen atoms in total. The van der Waals surface area contributed by atoms with Gasteiger partial charge in [0.2, 0.25) is 0 Å². The van der Waals surface area contributed by atoms with Crippen molar-refractivity contribution >= 4 is 23.2 Å². The van der Waals surface area contributed by atoms with E-state index in [1.54, 1.807) is 13.8 Å². The molecule has 0 saturated heterocycles. The number of benzene rings is 6. The molecule has 0 unspecified atom stereocenters. The highest BCUT2D eigenvalue weighted by molar-refractivity contribution is 5.95. The van der Waals surface area contributed by atoms with Crippen molar-refractivity contribution in [1.29, 1.82) is 0 Å². The summed E-state index contributed by atoms with van der Waals surface area (Å²) in [6, 6.07) is 48.4. The van der Waals surface area contributed by atoms with Gasteiger partial charge < -0.3 is 20.1 Å². The van der Waals surface area contributed by atoms with E-state index in [9.17, 15) is 9.59 Å². The summed E-state index contributed by atoms with van der Waals surface area (Å²) in [5, 5.41) is 6.04. The Balaban J connectivity index is 1.17. The lowest BCUT2D eigenvalue weighted by atomic mass is 9.67. The second-order valence-electron chi connectivity index (χ2n) is 13.1. The summed E-state index contributed by atoms with van der Waals surface area (Å²) >= 11 is 0. The van der Waals surface area contributed by atoms with Crippen LogP contribution in [-0.4, -0.2) is 24.0 Å². The highest BCUT2D eigenvalue weighted by Crippen LogP contribution is 2.56. The molecule has 7 rings (SSSR count). The van der Waals surface area contributed by atoms with Crippen molar-refractivity contribution in [2.24, 2.45) is 0 Å². The van der Waals surface area contributed by atoms with E-state index in [1.165, 1.54) is 22.3 Å². The van der Waals surface area contributed by atoms with Gasteiger partial charge in [0.1, 0.15) is 11.5 Å². The Labute approximate surface area is 299 Å². The summed E-state index contributed by atoms with van der Waals surface area (Å²) in [7, 11) is 0. The molecule has 0 spiro atoms. The fraction of sp³-hybridized carbons (Fsp3) is 0.156. The Morgan fingerprint density at radius 2 is 0.843 bits per heavy atom. The van der Waals surface area contributed by atoms with Crippen molar-refractivity contribution in [2.75, 3.05) is 10.6 Å². The molecule has 0 fully saturated rings. The number of carbonyl (C=O) groups excluding carboxylic acids is 2. The molecular formula is C45H40N2O4. The van der Waals surface area contributed by atoms with Crippen LogP contribution in [0.5, 0.6) is 11.5 Å². The van der Waals surface area contributed by atoms with E-state index >= 15 is 0 Å². The third-order valence-electron chi connectivity index (χ3n) is 9.53. The Bertz CT molecular complexity index is 2010. The van der Waals surface area contributed by atoms with Gasteiger partial charge in [0.25, 0.3) is 11.8 Å². The van der Waals surface area contributed by atoms with Crippen LogP contribution >= 0.6 is 0 Å². The molecule has 51 heavy (non-hydrogen) atoms. The Hall–Kier alpha value is -6.14. The van der Waals surface area contributed by atoms with E-state index < -0.39 is 17.6 Å². The molecule has 1 aliphatic rings. The third kappa shape index (κ3) is 6.61. The number of amides is 2. The predicted octanol–water partition coefficient (Wildman–Crippen LogP) is 9.48. The number of rotatable bonds is 10. The van der Waals surface area contributed by atoms with Crippen molar-refractivity contribution in [1.82, 2.24) is 0 Å². The summed E-state index contributed by atoms with van der Waals surface area (Å²) in [4.78, 5) is 26.2. The summed E-state index contributed by atoms with van der Waals surface area (Å²) in [5.41, 5.74) is 9.76. The van der Waals surface area contributed by atoms with Crippen LogP contribution in [0.15, 0.2) is 146 Å². The molecule has 6 aromatic rings. The van der Waals surface area contributed by atoms with E-state index in [0.29, 0.717) is 22.9 Å². The quantitative estimate of drug-likeness (QED) is 0.152. The zero-order valence-corrected chi connectivity index (χ0v) is 29.1. The van der Waals surface area contributed by atoms with Crippen LogP contribution in [0.25, 0.3) is 11.1 Å². The minimum atomic E-state index is -0.677. The van der Waals surface area contributed by atoms with E-state index in [1.807, 2.05) is 86.6 Å². The van der Waals surface area contributed by atoms with Gasteiger partial charge in [-0.2, -0.15) is 0 Å². The summed E-state index contributed by atoms with van der Waals surface area (Å²) < 4.78 is 11.8. The standard InChI is InChI=1S/C45H40N2O4/c1-29-13-25-37(26-14-29)50-31(3)43(48)46-35-21-17-33(18-22-35)45(41-11-7-5-9-39(41)40-10-6-8-12-42(40)45)34-19-23-36(24-20-34)47-44(49)32(4)51-38-27-15-30(2)16-28-38/h5-28,31-32H,1-4H3,(H,46,48)(H,47,49)/t31-,32-/m0/s1. The van der Waals surface area contributed by atoms with Crippen LogP contribution in [0.1, 0.15) is 47.2 Å². The first-order valence-corrected chi connectivity index (χ1v) is 17.2. The normalized spacial score (nSPS) is 13.6. The van der Waals surface area contributed by atoms with Crippen molar-refractivity contribution in [3.05, 3.63) is 179 Å². The van der Waals surface area contributed by atoms with Crippen LogP contribution in [0.3, 0.4) is 0 Å². The van der Waals surface area contributed by atoms with Gasteiger partial charge in [0, 0.05) is 11.4 Å². The molecule has 6 aromatic carbocycles. The van der Waals surface area contributed by atoms with Gasteiger partial charge in [0.05, 0.1) is 5.41 Å². The molecule has 0 saturated carbocycles. The maximum absolute atomic E-state index is 13.1. The smallest absolute Gasteiger partial charge is 0.265 e. The zero-order valence-electron chi connectivity index (χ0n) is 29.1. The fourth-order valence-corrected chi connectivity index (χ4v) is 6.87. The Morgan fingerprint density at radius 1 is 0.490 bits per heavy atom. The number of nitrogens with one attached hydrogen (secondary N) is 2. The largest absolute Gasteiger partial charge is 0.481 e. The molecule has 6 heteroatoms. The predicted molar refractivity (Wildman–Crippen MR) is 204 cm³/mol. The molecule has 2 N–H and O–H groups in total.